The molecule has 102 valence electrons. The smallest absolute Gasteiger partial charge is 0.237 e. The number of rotatable bonds is 4. The third kappa shape index (κ3) is 2.18. The van der Waals surface area contributed by atoms with E-state index >= 15 is 0 Å². The Bertz CT molecular complexity index is 300. The third-order valence-corrected chi connectivity index (χ3v) is 5.47. The summed E-state index contributed by atoms with van der Waals surface area (Å²) in [4.78, 5) is 12.1. The largest absolute Gasteiger partial charge is 0.351 e. The maximum atomic E-state index is 12.1. The molecule has 0 radical (unpaired) electrons. The van der Waals surface area contributed by atoms with Crippen molar-refractivity contribution < 1.29 is 4.79 Å². The van der Waals surface area contributed by atoms with E-state index < -0.39 is 0 Å². The molecule has 3 heteroatoms. The van der Waals surface area contributed by atoms with Crippen molar-refractivity contribution in [2.24, 2.45) is 29.4 Å². The lowest BCUT2D eigenvalue weighted by molar-refractivity contribution is -0.126. The minimum Gasteiger partial charge on any atom is -0.351 e. The van der Waals surface area contributed by atoms with Crippen LogP contribution in [0.4, 0.5) is 0 Å². The summed E-state index contributed by atoms with van der Waals surface area (Å²) in [7, 11) is 0. The Hall–Kier alpha value is -0.570. The Morgan fingerprint density at radius 2 is 1.72 bits per heavy atom. The molecule has 1 amide bonds. The molecule has 3 nitrogen and oxygen atoms in total. The van der Waals surface area contributed by atoms with Crippen LogP contribution in [-0.4, -0.2) is 18.0 Å². The molecule has 0 saturated heterocycles. The molecule has 3 N–H and O–H groups in total. The molecule has 4 rings (SSSR count). The van der Waals surface area contributed by atoms with Gasteiger partial charge in [-0.05, 0) is 62.2 Å². The Kier molecular flexibility index (Phi) is 3.35. The van der Waals surface area contributed by atoms with Gasteiger partial charge < -0.3 is 11.1 Å². The Morgan fingerprint density at radius 1 is 1.17 bits per heavy atom. The number of amides is 1. The molecule has 0 spiro atoms. The molecule has 1 atom stereocenters. The molecule has 4 aliphatic rings. The number of hydrogen-bond acceptors (Lipinski definition) is 2. The van der Waals surface area contributed by atoms with Crippen molar-refractivity contribution in [1.82, 2.24) is 5.32 Å². The second-order valence-corrected chi connectivity index (χ2v) is 6.86. The summed E-state index contributed by atoms with van der Waals surface area (Å²) >= 11 is 0. The molecule has 0 unspecified atom stereocenters. The van der Waals surface area contributed by atoms with Gasteiger partial charge in [-0.1, -0.05) is 13.3 Å². The zero-order valence-electron chi connectivity index (χ0n) is 11.4. The quantitative estimate of drug-likeness (QED) is 0.802. The van der Waals surface area contributed by atoms with Crippen molar-refractivity contribution in [2.75, 3.05) is 0 Å². The molecule has 18 heavy (non-hydrogen) atoms. The minimum atomic E-state index is -0.299. The van der Waals surface area contributed by atoms with Gasteiger partial charge in [0.15, 0.2) is 0 Å². The standard InChI is InChI=1S/C15H26N2O/c1-2-3-13(16)15(18)17-14-11-5-9-4-10(7-11)8-12(14)6-9/h9-14H,2-8,16H2,1H3,(H,17,18)/t9?,10?,11?,12?,13-,14?/m1/s1. The summed E-state index contributed by atoms with van der Waals surface area (Å²) in [6.45, 7) is 2.08. The van der Waals surface area contributed by atoms with E-state index in [1.165, 1.54) is 32.1 Å². The first kappa shape index (κ1) is 12.5. The Balaban J connectivity index is 1.61. The highest BCUT2D eigenvalue weighted by Crippen LogP contribution is 2.53. The van der Waals surface area contributed by atoms with E-state index in [4.69, 9.17) is 5.73 Å². The number of carbonyl (C=O) groups is 1. The molecular formula is C15H26N2O. The number of hydrogen-bond donors (Lipinski definition) is 2. The fourth-order valence-corrected chi connectivity index (χ4v) is 4.87. The molecule has 0 aromatic carbocycles. The SMILES string of the molecule is CCC[C@@H](N)C(=O)NC1C2CC3CC(C2)CC1C3. The van der Waals surface area contributed by atoms with Crippen LogP contribution in [0.3, 0.4) is 0 Å². The monoisotopic (exact) mass is 250 g/mol. The average Bonchev–Trinajstić information content (AvgIpc) is 2.33. The highest BCUT2D eigenvalue weighted by Gasteiger charge is 2.48. The predicted octanol–water partition coefficient (Wildman–Crippen LogP) is 2.05. The average molecular weight is 250 g/mol. The lowest BCUT2D eigenvalue weighted by Gasteiger charge is -2.54. The highest BCUT2D eigenvalue weighted by atomic mass is 16.2. The van der Waals surface area contributed by atoms with Gasteiger partial charge in [0.2, 0.25) is 5.91 Å². The van der Waals surface area contributed by atoms with E-state index in [9.17, 15) is 4.79 Å². The minimum absolute atomic E-state index is 0.0920. The van der Waals surface area contributed by atoms with E-state index in [1.807, 2.05) is 0 Å². The van der Waals surface area contributed by atoms with Crippen molar-refractivity contribution in [1.29, 1.82) is 0 Å². The summed E-state index contributed by atoms with van der Waals surface area (Å²) in [5.74, 6) is 3.52. The summed E-state index contributed by atoms with van der Waals surface area (Å²) in [5.41, 5.74) is 5.92. The molecular weight excluding hydrogens is 224 g/mol. The van der Waals surface area contributed by atoms with Gasteiger partial charge in [0.25, 0.3) is 0 Å². The van der Waals surface area contributed by atoms with Crippen LogP contribution in [0.15, 0.2) is 0 Å². The predicted molar refractivity (Wildman–Crippen MR) is 71.9 cm³/mol. The summed E-state index contributed by atoms with van der Waals surface area (Å²) < 4.78 is 0. The second-order valence-electron chi connectivity index (χ2n) is 6.86. The fraction of sp³-hybridized carbons (Fsp3) is 0.933. The molecule has 4 saturated carbocycles. The zero-order chi connectivity index (χ0) is 12.7. The number of nitrogens with one attached hydrogen (secondary N) is 1. The summed E-state index contributed by atoms with van der Waals surface area (Å²) in [5, 5.41) is 3.28. The van der Waals surface area contributed by atoms with Crippen LogP contribution in [0.5, 0.6) is 0 Å². The van der Waals surface area contributed by atoms with Gasteiger partial charge in [-0.25, -0.2) is 0 Å². The zero-order valence-corrected chi connectivity index (χ0v) is 11.4. The van der Waals surface area contributed by atoms with Crippen LogP contribution in [0.1, 0.15) is 51.9 Å². The normalized spacial score (nSPS) is 42.9. The van der Waals surface area contributed by atoms with Gasteiger partial charge in [-0.15, -0.1) is 0 Å². The van der Waals surface area contributed by atoms with Gasteiger partial charge in [-0.3, -0.25) is 4.79 Å². The molecule has 0 aromatic heterocycles. The lowest BCUT2D eigenvalue weighted by Crippen LogP contribution is -2.58. The van der Waals surface area contributed by atoms with Crippen molar-refractivity contribution in [3.8, 4) is 0 Å². The van der Waals surface area contributed by atoms with Crippen LogP contribution < -0.4 is 11.1 Å². The summed E-state index contributed by atoms with van der Waals surface area (Å²) in [6.07, 6.45) is 8.64. The highest BCUT2D eigenvalue weighted by molar-refractivity contribution is 5.81. The molecule has 4 fully saturated rings. The van der Waals surface area contributed by atoms with Crippen molar-refractivity contribution >= 4 is 5.91 Å². The van der Waals surface area contributed by atoms with Crippen LogP contribution in [-0.2, 0) is 4.79 Å². The first-order valence-electron chi connectivity index (χ1n) is 7.73. The van der Waals surface area contributed by atoms with E-state index in [0.29, 0.717) is 6.04 Å². The number of carbonyl (C=O) groups excluding carboxylic acids is 1. The van der Waals surface area contributed by atoms with Gasteiger partial charge in [0.05, 0.1) is 6.04 Å². The van der Waals surface area contributed by atoms with Gasteiger partial charge in [0.1, 0.15) is 0 Å². The van der Waals surface area contributed by atoms with Gasteiger partial charge in [-0.2, -0.15) is 0 Å². The van der Waals surface area contributed by atoms with Gasteiger partial charge >= 0.3 is 0 Å². The Morgan fingerprint density at radius 3 is 2.22 bits per heavy atom. The Labute approximate surface area is 110 Å². The van der Waals surface area contributed by atoms with E-state index in [1.54, 1.807) is 0 Å². The molecule has 0 heterocycles. The second kappa shape index (κ2) is 4.84. The first-order chi connectivity index (χ1) is 8.67. The van der Waals surface area contributed by atoms with Crippen LogP contribution in [0, 0.1) is 23.7 Å². The topological polar surface area (TPSA) is 55.1 Å². The maximum Gasteiger partial charge on any atom is 0.237 e. The van der Waals surface area contributed by atoms with Gasteiger partial charge in [0, 0.05) is 6.04 Å². The van der Waals surface area contributed by atoms with Crippen LogP contribution in [0.2, 0.25) is 0 Å². The first-order valence-corrected chi connectivity index (χ1v) is 7.73. The maximum absolute atomic E-state index is 12.1. The fourth-order valence-electron chi connectivity index (χ4n) is 4.87. The lowest BCUT2D eigenvalue weighted by atomic mass is 9.54. The van der Waals surface area contributed by atoms with Crippen molar-refractivity contribution in [3.63, 3.8) is 0 Å². The van der Waals surface area contributed by atoms with E-state index in [2.05, 4.69) is 12.2 Å². The van der Waals surface area contributed by atoms with Crippen molar-refractivity contribution in [2.45, 2.75) is 64.0 Å². The molecule has 4 bridgehead atoms. The van der Waals surface area contributed by atoms with Crippen LogP contribution in [0.25, 0.3) is 0 Å². The van der Waals surface area contributed by atoms with E-state index in [-0.39, 0.29) is 11.9 Å². The molecule has 4 aliphatic carbocycles. The van der Waals surface area contributed by atoms with E-state index in [0.717, 1.165) is 36.5 Å². The molecule has 0 aromatic rings. The number of nitrogens with two attached hydrogens (primary N) is 1. The van der Waals surface area contributed by atoms with Crippen LogP contribution >= 0.6 is 0 Å². The third-order valence-electron chi connectivity index (χ3n) is 5.47. The summed E-state index contributed by atoms with van der Waals surface area (Å²) in [6, 6.07) is 0.139. The molecule has 0 aliphatic heterocycles. The van der Waals surface area contributed by atoms with Crippen molar-refractivity contribution in [3.05, 3.63) is 0 Å².